The maximum absolute atomic E-state index is 3.96. The van der Waals surface area contributed by atoms with Crippen molar-refractivity contribution in [1.82, 2.24) is 4.57 Å². The minimum absolute atomic E-state index is 1.12. The summed E-state index contributed by atoms with van der Waals surface area (Å²) in [5, 5.41) is 0. The summed E-state index contributed by atoms with van der Waals surface area (Å²) in [5.41, 5.74) is 0. The van der Waals surface area contributed by atoms with Crippen molar-refractivity contribution < 1.29 is 0 Å². The second-order valence-electron chi connectivity index (χ2n) is 4.51. The van der Waals surface area contributed by atoms with Crippen LogP contribution in [0.3, 0.4) is 0 Å². The van der Waals surface area contributed by atoms with Gasteiger partial charge in [0.25, 0.3) is 0 Å². The van der Waals surface area contributed by atoms with E-state index in [1.165, 1.54) is 50.5 Å². The maximum Gasteiger partial charge on any atom is 0.131 e. The summed E-state index contributed by atoms with van der Waals surface area (Å²) in [4.78, 5) is 0. The van der Waals surface area contributed by atoms with Gasteiger partial charge < -0.3 is 4.57 Å². The second-order valence-corrected chi connectivity index (χ2v) is 9.21. The van der Waals surface area contributed by atoms with E-state index in [-0.39, 0.29) is 0 Å². The van der Waals surface area contributed by atoms with Crippen LogP contribution in [-0.4, -0.2) is 25.9 Å². The van der Waals surface area contributed by atoms with E-state index in [0.717, 1.165) is 0 Å². The van der Waals surface area contributed by atoms with Gasteiger partial charge in [0.1, 0.15) is 8.24 Å². The fourth-order valence-electron chi connectivity index (χ4n) is 2.86. The molecule has 0 saturated carbocycles. The van der Waals surface area contributed by atoms with Crippen LogP contribution in [0.4, 0.5) is 0 Å². The van der Waals surface area contributed by atoms with E-state index >= 15 is 0 Å². The lowest BCUT2D eigenvalue weighted by molar-refractivity contribution is 0.506. The summed E-state index contributed by atoms with van der Waals surface area (Å²) in [6.07, 6.45) is 6.37. The standard InChI is InChI=1S/C12H25NSi/c1-4-11-14(6-3,12-5-2)13-9-7-8-10-13/h4H,1,5-12H2,2-3H3. The highest BCUT2D eigenvalue weighted by atomic mass is 28.3. The van der Waals surface area contributed by atoms with Crippen molar-refractivity contribution in [2.75, 3.05) is 13.1 Å². The van der Waals surface area contributed by atoms with Crippen molar-refractivity contribution in [1.29, 1.82) is 0 Å². The molecule has 0 radical (unpaired) electrons. The number of hydrogen-bond donors (Lipinski definition) is 0. The minimum Gasteiger partial charge on any atom is -0.323 e. The topological polar surface area (TPSA) is 3.24 Å². The summed E-state index contributed by atoms with van der Waals surface area (Å²) in [6, 6.07) is 4.18. The molecule has 2 heteroatoms. The molecule has 0 aliphatic carbocycles. The second kappa shape index (κ2) is 5.71. The number of rotatable bonds is 6. The molecule has 1 heterocycles. The fraction of sp³-hybridized carbons (Fsp3) is 0.833. The van der Waals surface area contributed by atoms with Gasteiger partial charge in [-0.2, -0.15) is 0 Å². The third kappa shape index (κ3) is 2.48. The Morgan fingerprint density at radius 3 is 2.36 bits per heavy atom. The molecule has 82 valence electrons. The molecular weight excluding hydrogens is 186 g/mol. The van der Waals surface area contributed by atoms with Crippen LogP contribution in [-0.2, 0) is 0 Å². The third-order valence-electron chi connectivity index (χ3n) is 3.67. The van der Waals surface area contributed by atoms with Crippen molar-refractivity contribution in [3.05, 3.63) is 12.7 Å². The van der Waals surface area contributed by atoms with Crippen LogP contribution in [0.5, 0.6) is 0 Å². The molecule has 1 fully saturated rings. The monoisotopic (exact) mass is 211 g/mol. The highest BCUT2D eigenvalue weighted by Crippen LogP contribution is 2.30. The Morgan fingerprint density at radius 1 is 1.29 bits per heavy atom. The summed E-state index contributed by atoms with van der Waals surface area (Å²) < 4.78 is 2.85. The maximum atomic E-state index is 3.96. The van der Waals surface area contributed by atoms with E-state index < -0.39 is 8.24 Å². The Bertz CT molecular complexity index is 175. The van der Waals surface area contributed by atoms with Gasteiger partial charge in [-0.3, -0.25) is 0 Å². The highest BCUT2D eigenvalue weighted by Gasteiger charge is 2.36. The number of hydrogen-bond acceptors (Lipinski definition) is 1. The molecule has 0 bridgehead atoms. The molecule has 0 amide bonds. The molecule has 14 heavy (non-hydrogen) atoms. The van der Waals surface area contributed by atoms with Gasteiger partial charge in [0.05, 0.1) is 0 Å². The van der Waals surface area contributed by atoms with Crippen LogP contribution in [0.25, 0.3) is 0 Å². The molecule has 0 spiro atoms. The molecule has 1 aliphatic heterocycles. The molecular formula is C12H25NSi. The lowest BCUT2D eigenvalue weighted by atomic mass is 10.4. The highest BCUT2D eigenvalue weighted by molar-refractivity contribution is 6.77. The lowest BCUT2D eigenvalue weighted by Crippen LogP contribution is -2.51. The molecule has 0 aromatic heterocycles. The van der Waals surface area contributed by atoms with Crippen LogP contribution >= 0.6 is 0 Å². The summed E-state index contributed by atoms with van der Waals surface area (Å²) in [6.45, 7) is 11.4. The number of nitrogens with zero attached hydrogens (tertiary/aromatic N) is 1. The summed E-state index contributed by atoms with van der Waals surface area (Å²) >= 11 is 0. The van der Waals surface area contributed by atoms with Crippen molar-refractivity contribution >= 4 is 8.24 Å². The van der Waals surface area contributed by atoms with E-state index in [1.807, 2.05) is 0 Å². The van der Waals surface area contributed by atoms with Gasteiger partial charge in [0, 0.05) is 0 Å². The first-order valence-electron chi connectivity index (χ1n) is 6.15. The van der Waals surface area contributed by atoms with Crippen molar-refractivity contribution in [3.8, 4) is 0 Å². The Kier molecular flexibility index (Phi) is 4.89. The Labute approximate surface area is 90.3 Å². The van der Waals surface area contributed by atoms with E-state index in [1.54, 1.807) is 0 Å². The molecule has 0 aromatic carbocycles. The fourth-order valence-corrected chi connectivity index (χ4v) is 7.46. The Morgan fingerprint density at radius 2 is 1.93 bits per heavy atom. The smallest absolute Gasteiger partial charge is 0.131 e. The van der Waals surface area contributed by atoms with Gasteiger partial charge in [0.15, 0.2) is 0 Å². The average molecular weight is 211 g/mol. The number of allylic oxidation sites excluding steroid dienone is 1. The Balaban J connectivity index is 2.69. The van der Waals surface area contributed by atoms with Crippen molar-refractivity contribution in [2.24, 2.45) is 0 Å². The first kappa shape index (κ1) is 12.0. The largest absolute Gasteiger partial charge is 0.323 e. The van der Waals surface area contributed by atoms with Gasteiger partial charge in [-0.05, 0) is 44.1 Å². The van der Waals surface area contributed by atoms with E-state index in [9.17, 15) is 0 Å². The van der Waals surface area contributed by atoms with Crippen LogP contribution < -0.4 is 0 Å². The van der Waals surface area contributed by atoms with Crippen LogP contribution in [0, 0.1) is 0 Å². The van der Waals surface area contributed by atoms with Gasteiger partial charge >= 0.3 is 0 Å². The van der Waals surface area contributed by atoms with Crippen LogP contribution in [0.1, 0.15) is 33.1 Å². The van der Waals surface area contributed by atoms with Crippen molar-refractivity contribution in [3.63, 3.8) is 0 Å². The van der Waals surface area contributed by atoms with Gasteiger partial charge in [-0.15, -0.1) is 6.58 Å². The molecule has 1 rings (SSSR count). The molecule has 1 saturated heterocycles. The first-order chi connectivity index (χ1) is 6.79. The van der Waals surface area contributed by atoms with Crippen molar-refractivity contribution in [2.45, 2.75) is 51.2 Å². The van der Waals surface area contributed by atoms with Crippen LogP contribution in [0.2, 0.25) is 18.1 Å². The molecule has 1 nitrogen and oxygen atoms in total. The van der Waals surface area contributed by atoms with E-state index in [0.29, 0.717) is 0 Å². The normalized spacial score (nSPS) is 22.1. The van der Waals surface area contributed by atoms with Gasteiger partial charge in [-0.1, -0.05) is 26.3 Å². The quantitative estimate of drug-likeness (QED) is 0.479. The predicted molar refractivity (Wildman–Crippen MR) is 67.1 cm³/mol. The first-order valence-corrected chi connectivity index (χ1v) is 8.72. The predicted octanol–water partition coefficient (Wildman–Crippen LogP) is 3.64. The zero-order chi connectivity index (χ0) is 10.4. The lowest BCUT2D eigenvalue weighted by Gasteiger charge is -2.38. The molecule has 1 unspecified atom stereocenters. The average Bonchev–Trinajstić information content (AvgIpc) is 2.70. The zero-order valence-corrected chi connectivity index (χ0v) is 10.9. The molecule has 0 aromatic rings. The Hall–Kier alpha value is -0.0831. The zero-order valence-electron chi connectivity index (χ0n) is 9.89. The van der Waals surface area contributed by atoms with Crippen LogP contribution in [0.15, 0.2) is 12.7 Å². The SMILES string of the molecule is C=CC[Si](CC)(CCC)N1CCCC1. The third-order valence-corrected chi connectivity index (χ3v) is 9.26. The van der Waals surface area contributed by atoms with E-state index in [4.69, 9.17) is 0 Å². The van der Waals surface area contributed by atoms with Gasteiger partial charge in [0.2, 0.25) is 0 Å². The summed E-state index contributed by atoms with van der Waals surface area (Å²) in [7, 11) is -1.12. The molecule has 1 atom stereocenters. The molecule has 0 N–H and O–H groups in total. The van der Waals surface area contributed by atoms with E-state index in [2.05, 4.69) is 31.1 Å². The van der Waals surface area contributed by atoms with Gasteiger partial charge in [-0.25, -0.2) is 0 Å². The molecule has 1 aliphatic rings. The minimum atomic E-state index is -1.12. The summed E-state index contributed by atoms with van der Waals surface area (Å²) in [5.74, 6) is 0.